The molecule has 3 heteroatoms. The fourth-order valence-corrected chi connectivity index (χ4v) is 4.22. The first-order valence-electron chi connectivity index (χ1n) is 7.78. The third kappa shape index (κ3) is 2.33. The van der Waals surface area contributed by atoms with Crippen molar-refractivity contribution in [2.75, 3.05) is 7.11 Å². The van der Waals surface area contributed by atoms with E-state index in [1.807, 2.05) is 12.1 Å². The summed E-state index contributed by atoms with van der Waals surface area (Å²) in [5, 5.41) is 0. The van der Waals surface area contributed by atoms with Crippen LogP contribution in [0.3, 0.4) is 0 Å². The molecule has 0 aliphatic heterocycles. The lowest BCUT2D eigenvalue weighted by Gasteiger charge is -2.61. The highest BCUT2D eigenvalue weighted by Crippen LogP contribution is 2.61. The van der Waals surface area contributed by atoms with Crippen molar-refractivity contribution in [2.24, 2.45) is 23.2 Å². The smallest absolute Gasteiger partial charge is 0.337 e. The van der Waals surface area contributed by atoms with E-state index in [0.29, 0.717) is 23.0 Å². The quantitative estimate of drug-likeness (QED) is 0.791. The number of hydrogen-bond acceptors (Lipinski definition) is 3. The van der Waals surface area contributed by atoms with Gasteiger partial charge in [0.05, 0.1) is 12.7 Å². The second-order valence-electron chi connectivity index (χ2n) is 7.13. The molecule has 2 bridgehead atoms. The van der Waals surface area contributed by atoms with Crippen molar-refractivity contribution in [3.8, 4) is 5.75 Å². The lowest BCUT2D eigenvalue weighted by molar-refractivity contribution is -0.147. The molecule has 1 aromatic rings. The Kier molecular flexibility index (Phi) is 3.46. The first kappa shape index (κ1) is 14.4. The van der Waals surface area contributed by atoms with Gasteiger partial charge in [0.15, 0.2) is 0 Å². The largest absolute Gasteiger partial charge is 0.490 e. The van der Waals surface area contributed by atoms with Gasteiger partial charge in [-0.1, -0.05) is 20.8 Å². The molecule has 1 aromatic carbocycles. The Morgan fingerprint density at radius 2 is 1.86 bits per heavy atom. The predicted octanol–water partition coefficient (Wildman–Crippen LogP) is 3.92. The Morgan fingerprint density at radius 1 is 1.19 bits per heavy atom. The molecule has 4 atom stereocenters. The minimum absolute atomic E-state index is 0.297. The average molecular weight is 288 g/mol. The van der Waals surface area contributed by atoms with Crippen LogP contribution in [0, 0.1) is 23.2 Å². The van der Waals surface area contributed by atoms with Crippen LogP contribution < -0.4 is 4.74 Å². The van der Waals surface area contributed by atoms with Crippen molar-refractivity contribution >= 4 is 5.97 Å². The van der Waals surface area contributed by atoms with Crippen LogP contribution in [0.2, 0.25) is 0 Å². The summed E-state index contributed by atoms with van der Waals surface area (Å²) in [6.07, 6.45) is 2.80. The summed E-state index contributed by atoms with van der Waals surface area (Å²) < 4.78 is 10.9. The van der Waals surface area contributed by atoms with Gasteiger partial charge in [0.1, 0.15) is 11.9 Å². The van der Waals surface area contributed by atoms with Crippen LogP contribution in [0.4, 0.5) is 0 Å². The molecule has 3 fully saturated rings. The zero-order valence-corrected chi connectivity index (χ0v) is 13.3. The van der Waals surface area contributed by atoms with Crippen LogP contribution in [0.15, 0.2) is 24.3 Å². The molecule has 0 amide bonds. The summed E-state index contributed by atoms with van der Waals surface area (Å²) in [6, 6.07) is 7.26. The Hall–Kier alpha value is -1.51. The average Bonchev–Trinajstić information content (AvgIpc) is 2.48. The molecule has 0 unspecified atom stereocenters. The third-order valence-electron chi connectivity index (χ3n) is 5.85. The SMILES string of the molecule is COC(=O)c1ccc(O[C@@H]2C[C@H]3C[C@@H]([C@@H]2C)C3(C)C)cc1. The van der Waals surface area contributed by atoms with E-state index < -0.39 is 0 Å². The van der Waals surface area contributed by atoms with Crippen molar-refractivity contribution in [3.05, 3.63) is 29.8 Å². The Balaban J connectivity index is 1.67. The summed E-state index contributed by atoms with van der Waals surface area (Å²) in [7, 11) is 1.39. The van der Waals surface area contributed by atoms with E-state index in [1.54, 1.807) is 12.1 Å². The van der Waals surface area contributed by atoms with Gasteiger partial charge in [-0.05, 0) is 60.3 Å². The third-order valence-corrected chi connectivity index (χ3v) is 5.85. The molecule has 3 saturated carbocycles. The normalized spacial score (nSPS) is 33.0. The molecule has 3 aliphatic carbocycles. The first-order chi connectivity index (χ1) is 9.93. The van der Waals surface area contributed by atoms with Crippen LogP contribution in [-0.4, -0.2) is 19.2 Å². The number of carbonyl (C=O) groups is 1. The van der Waals surface area contributed by atoms with Crippen molar-refractivity contribution in [1.29, 1.82) is 0 Å². The number of benzene rings is 1. The predicted molar refractivity (Wildman–Crippen MR) is 81.4 cm³/mol. The highest BCUT2D eigenvalue weighted by Gasteiger charge is 2.56. The lowest BCUT2D eigenvalue weighted by atomic mass is 9.45. The van der Waals surface area contributed by atoms with Crippen LogP contribution in [0.25, 0.3) is 0 Å². The molecule has 0 aromatic heterocycles. The maximum atomic E-state index is 11.4. The zero-order valence-electron chi connectivity index (χ0n) is 13.3. The van der Waals surface area contributed by atoms with Crippen molar-refractivity contribution in [1.82, 2.24) is 0 Å². The summed E-state index contributed by atoms with van der Waals surface area (Å²) in [5.41, 5.74) is 1.04. The van der Waals surface area contributed by atoms with Crippen molar-refractivity contribution in [2.45, 2.75) is 39.7 Å². The maximum Gasteiger partial charge on any atom is 0.337 e. The number of hydrogen-bond donors (Lipinski definition) is 0. The second-order valence-corrected chi connectivity index (χ2v) is 7.13. The second kappa shape index (κ2) is 5.04. The molecule has 0 N–H and O–H groups in total. The molecule has 0 spiro atoms. The fourth-order valence-electron chi connectivity index (χ4n) is 4.22. The van der Waals surface area contributed by atoms with Crippen LogP contribution >= 0.6 is 0 Å². The van der Waals surface area contributed by atoms with Crippen LogP contribution in [0.1, 0.15) is 44.0 Å². The molecule has 3 nitrogen and oxygen atoms in total. The first-order valence-corrected chi connectivity index (χ1v) is 7.78. The number of fused-ring (bicyclic) bond motifs is 2. The topological polar surface area (TPSA) is 35.5 Å². The summed E-state index contributed by atoms with van der Waals surface area (Å²) >= 11 is 0. The zero-order chi connectivity index (χ0) is 15.2. The monoisotopic (exact) mass is 288 g/mol. The van der Waals surface area contributed by atoms with Gasteiger partial charge in [-0.15, -0.1) is 0 Å². The summed E-state index contributed by atoms with van der Waals surface area (Å²) in [4.78, 5) is 11.4. The minimum Gasteiger partial charge on any atom is -0.490 e. The molecule has 3 aliphatic rings. The van der Waals surface area contributed by atoms with E-state index in [9.17, 15) is 4.79 Å². The number of ether oxygens (including phenoxy) is 2. The molecule has 4 rings (SSSR count). The van der Waals surface area contributed by atoms with Gasteiger partial charge in [0.2, 0.25) is 0 Å². The van der Waals surface area contributed by atoms with E-state index in [-0.39, 0.29) is 5.97 Å². The van der Waals surface area contributed by atoms with Gasteiger partial charge in [-0.25, -0.2) is 4.79 Å². The van der Waals surface area contributed by atoms with E-state index in [2.05, 4.69) is 20.8 Å². The standard InChI is InChI=1S/C18H24O3/c1-11-15-9-13(18(15,2)3)10-16(11)21-14-7-5-12(6-8-14)17(19)20-4/h5-8,11,13,15-16H,9-10H2,1-4H3/t11-,13+,15-,16+/m0/s1. The minimum atomic E-state index is -0.310. The molecule has 0 heterocycles. The number of carbonyl (C=O) groups excluding carboxylic acids is 1. The fraction of sp³-hybridized carbons (Fsp3) is 0.611. The van der Waals surface area contributed by atoms with Gasteiger partial charge in [0.25, 0.3) is 0 Å². The van der Waals surface area contributed by atoms with Crippen molar-refractivity contribution < 1.29 is 14.3 Å². The molecular formula is C18H24O3. The van der Waals surface area contributed by atoms with Gasteiger partial charge in [-0.3, -0.25) is 0 Å². The van der Waals surface area contributed by atoms with Gasteiger partial charge < -0.3 is 9.47 Å². The van der Waals surface area contributed by atoms with E-state index in [4.69, 9.17) is 9.47 Å². The molecular weight excluding hydrogens is 264 g/mol. The summed E-state index contributed by atoms with van der Waals surface area (Å²) in [5.74, 6) is 2.69. The Bertz CT molecular complexity index is 532. The number of methoxy groups -OCH3 is 1. The Labute approximate surface area is 126 Å². The molecule has 0 radical (unpaired) electrons. The maximum absolute atomic E-state index is 11.4. The number of rotatable bonds is 3. The van der Waals surface area contributed by atoms with E-state index >= 15 is 0 Å². The Morgan fingerprint density at radius 3 is 2.38 bits per heavy atom. The van der Waals surface area contributed by atoms with E-state index in [0.717, 1.165) is 24.0 Å². The van der Waals surface area contributed by atoms with Gasteiger partial charge in [0, 0.05) is 0 Å². The molecule has 114 valence electrons. The lowest BCUT2D eigenvalue weighted by Crippen LogP contribution is -2.57. The van der Waals surface area contributed by atoms with Crippen LogP contribution in [0.5, 0.6) is 5.75 Å². The number of esters is 1. The van der Waals surface area contributed by atoms with Gasteiger partial charge >= 0.3 is 5.97 Å². The van der Waals surface area contributed by atoms with E-state index in [1.165, 1.54) is 13.5 Å². The van der Waals surface area contributed by atoms with Gasteiger partial charge in [-0.2, -0.15) is 0 Å². The van der Waals surface area contributed by atoms with Crippen LogP contribution in [-0.2, 0) is 4.74 Å². The van der Waals surface area contributed by atoms with Crippen molar-refractivity contribution in [3.63, 3.8) is 0 Å². The molecule has 21 heavy (non-hydrogen) atoms. The molecule has 0 saturated heterocycles. The highest BCUT2D eigenvalue weighted by molar-refractivity contribution is 5.89. The highest BCUT2D eigenvalue weighted by atomic mass is 16.5. The summed E-state index contributed by atoms with van der Waals surface area (Å²) in [6.45, 7) is 7.10.